The van der Waals surface area contributed by atoms with Crippen LogP contribution in [0.25, 0.3) is 11.1 Å². The largest absolute Gasteiger partial charge is 0.502 e. The second kappa shape index (κ2) is 8.39. The number of phenolic OH excluding ortho intramolecular Hbond substituents is 1. The van der Waals surface area contributed by atoms with E-state index in [1.807, 2.05) is 23.6 Å². The number of aromatic hydroxyl groups is 1. The van der Waals surface area contributed by atoms with Crippen molar-refractivity contribution in [1.29, 1.82) is 0 Å². The van der Waals surface area contributed by atoms with Gasteiger partial charge in [0.1, 0.15) is 0 Å². The molecule has 8 heteroatoms. The summed E-state index contributed by atoms with van der Waals surface area (Å²) in [4.78, 5) is 13.7. The number of fused-ring (bicyclic) bond motifs is 1. The first-order valence-corrected chi connectivity index (χ1v) is 10.5. The first-order valence-electron chi connectivity index (χ1n) is 9.59. The van der Waals surface area contributed by atoms with Crippen LogP contribution in [0.2, 0.25) is 0 Å². The van der Waals surface area contributed by atoms with E-state index in [1.54, 1.807) is 37.7 Å². The number of amides is 1. The van der Waals surface area contributed by atoms with E-state index in [9.17, 15) is 9.90 Å². The summed E-state index contributed by atoms with van der Waals surface area (Å²) in [7, 11) is 6.15. The summed E-state index contributed by atoms with van der Waals surface area (Å²) in [5.74, 6) is 1.53. The van der Waals surface area contributed by atoms with Crippen molar-refractivity contribution in [3.05, 3.63) is 46.2 Å². The van der Waals surface area contributed by atoms with Crippen molar-refractivity contribution >= 4 is 22.9 Å². The van der Waals surface area contributed by atoms with Gasteiger partial charge in [-0.15, -0.1) is 11.3 Å². The molecule has 0 saturated carbocycles. The summed E-state index contributed by atoms with van der Waals surface area (Å²) < 4.78 is 21.4. The topological polar surface area (TPSA) is 86.3 Å². The maximum absolute atomic E-state index is 12.6. The highest BCUT2D eigenvalue weighted by Gasteiger charge is 2.32. The molecule has 4 rings (SSSR count). The highest BCUT2D eigenvalue weighted by Crippen LogP contribution is 2.49. The Labute approximate surface area is 184 Å². The highest BCUT2D eigenvalue weighted by molar-refractivity contribution is 7.11. The van der Waals surface area contributed by atoms with Gasteiger partial charge in [-0.05, 0) is 35.4 Å². The minimum absolute atomic E-state index is 0.0635. The molecule has 1 aliphatic heterocycles. The maximum Gasteiger partial charge on any atom is 0.225 e. The SMILES string of the molecule is COc1ccc(-c2csc3c2NC(=O)C[C@H]3c2cc(OC)c(O)c(OC)c2)cc1OC. The van der Waals surface area contributed by atoms with Crippen LogP contribution in [0.1, 0.15) is 22.8 Å². The van der Waals surface area contributed by atoms with Crippen molar-refractivity contribution in [1.82, 2.24) is 0 Å². The summed E-state index contributed by atoms with van der Waals surface area (Å²) >= 11 is 1.58. The van der Waals surface area contributed by atoms with Crippen LogP contribution in [0.3, 0.4) is 0 Å². The van der Waals surface area contributed by atoms with Crippen molar-refractivity contribution in [2.45, 2.75) is 12.3 Å². The van der Waals surface area contributed by atoms with Gasteiger partial charge in [-0.3, -0.25) is 4.79 Å². The zero-order chi connectivity index (χ0) is 22.1. The van der Waals surface area contributed by atoms with E-state index < -0.39 is 0 Å². The Morgan fingerprint density at radius 1 is 0.935 bits per heavy atom. The molecule has 2 aromatic carbocycles. The Morgan fingerprint density at radius 3 is 2.19 bits per heavy atom. The Morgan fingerprint density at radius 2 is 1.58 bits per heavy atom. The molecule has 7 nitrogen and oxygen atoms in total. The average Bonchev–Trinajstić information content (AvgIpc) is 3.21. The van der Waals surface area contributed by atoms with E-state index in [1.165, 1.54) is 14.2 Å². The molecule has 0 fully saturated rings. The second-order valence-electron chi connectivity index (χ2n) is 7.04. The molecule has 2 N–H and O–H groups in total. The third kappa shape index (κ3) is 3.63. The third-order valence-electron chi connectivity index (χ3n) is 5.39. The molecule has 1 aromatic heterocycles. The molecule has 1 amide bonds. The van der Waals surface area contributed by atoms with Gasteiger partial charge in [0, 0.05) is 28.2 Å². The van der Waals surface area contributed by atoms with Gasteiger partial charge in [0.15, 0.2) is 23.0 Å². The van der Waals surface area contributed by atoms with Gasteiger partial charge in [-0.2, -0.15) is 0 Å². The molecule has 1 atom stereocenters. The smallest absolute Gasteiger partial charge is 0.225 e. The van der Waals surface area contributed by atoms with E-state index in [0.717, 1.165) is 27.3 Å². The molecule has 0 saturated heterocycles. The first-order chi connectivity index (χ1) is 15.0. The Kier molecular flexibility index (Phi) is 5.65. The van der Waals surface area contributed by atoms with Crippen molar-refractivity contribution < 1.29 is 28.8 Å². The van der Waals surface area contributed by atoms with Crippen LogP contribution >= 0.6 is 11.3 Å². The minimum Gasteiger partial charge on any atom is -0.502 e. The van der Waals surface area contributed by atoms with E-state index in [-0.39, 0.29) is 24.0 Å². The monoisotopic (exact) mass is 441 g/mol. The molecule has 0 unspecified atom stereocenters. The standard InChI is InChI=1S/C23H23NO6S/c1-27-16-6-5-12(7-17(16)28-2)15-11-31-23-14(10-20(25)24-21(15)23)13-8-18(29-3)22(26)19(9-13)30-4/h5-9,11,14,26H,10H2,1-4H3,(H,24,25)/t14-/m0/s1. The number of benzene rings is 2. The minimum atomic E-state index is -0.189. The number of anilines is 1. The van der Waals surface area contributed by atoms with Crippen LogP contribution in [-0.2, 0) is 4.79 Å². The molecular formula is C23H23NO6S. The van der Waals surface area contributed by atoms with Crippen molar-refractivity contribution in [3.63, 3.8) is 0 Å². The summed E-state index contributed by atoms with van der Waals surface area (Å²) in [6, 6.07) is 9.17. The quantitative estimate of drug-likeness (QED) is 0.580. The van der Waals surface area contributed by atoms with Gasteiger partial charge < -0.3 is 29.4 Å². The zero-order valence-electron chi connectivity index (χ0n) is 17.6. The van der Waals surface area contributed by atoms with E-state index in [2.05, 4.69) is 5.32 Å². The van der Waals surface area contributed by atoms with Gasteiger partial charge in [0.2, 0.25) is 11.7 Å². The normalized spacial score (nSPS) is 15.1. The van der Waals surface area contributed by atoms with Gasteiger partial charge in [-0.1, -0.05) is 6.07 Å². The summed E-state index contributed by atoms with van der Waals surface area (Å²) in [6.07, 6.45) is 0.288. The number of nitrogens with one attached hydrogen (secondary N) is 1. The number of phenols is 1. The van der Waals surface area contributed by atoms with Gasteiger partial charge in [-0.25, -0.2) is 0 Å². The summed E-state index contributed by atoms with van der Waals surface area (Å²) in [5.41, 5.74) is 3.45. The van der Waals surface area contributed by atoms with E-state index in [4.69, 9.17) is 18.9 Å². The Balaban J connectivity index is 1.81. The Hall–Kier alpha value is -3.39. The number of hydrogen-bond donors (Lipinski definition) is 2. The van der Waals surface area contributed by atoms with Crippen LogP contribution in [0.15, 0.2) is 35.7 Å². The molecule has 0 bridgehead atoms. The van der Waals surface area contributed by atoms with Crippen molar-refractivity contribution in [2.24, 2.45) is 0 Å². The number of thiophene rings is 1. The molecule has 3 aromatic rings. The van der Waals surface area contributed by atoms with Crippen LogP contribution in [0, 0.1) is 0 Å². The lowest BCUT2D eigenvalue weighted by Crippen LogP contribution is -2.22. The van der Waals surface area contributed by atoms with Crippen LogP contribution in [0.5, 0.6) is 28.7 Å². The van der Waals surface area contributed by atoms with Crippen LogP contribution < -0.4 is 24.3 Å². The summed E-state index contributed by atoms with van der Waals surface area (Å²) in [5, 5.41) is 15.3. The first kappa shape index (κ1) is 20.9. The third-order valence-corrected chi connectivity index (χ3v) is 6.49. The van der Waals surface area contributed by atoms with Crippen molar-refractivity contribution in [3.8, 4) is 39.9 Å². The van der Waals surface area contributed by atoms with Gasteiger partial charge in [0.05, 0.1) is 34.1 Å². The molecule has 0 aliphatic carbocycles. The molecule has 0 spiro atoms. The fraction of sp³-hybridized carbons (Fsp3) is 0.261. The number of carbonyl (C=O) groups is 1. The molecule has 2 heterocycles. The molecule has 0 radical (unpaired) electrons. The van der Waals surface area contributed by atoms with E-state index >= 15 is 0 Å². The highest BCUT2D eigenvalue weighted by atomic mass is 32.1. The lowest BCUT2D eigenvalue weighted by Gasteiger charge is -2.25. The van der Waals surface area contributed by atoms with Gasteiger partial charge >= 0.3 is 0 Å². The lowest BCUT2D eigenvalue weighted by molar-refractivity contribution is -0.116. The zero-order valence-corrected chi connectivity index (χ0v) is 18.5. The number of carbonyl (C=O) groups excluding carboxylic acids is 1. The van der Waals surface area contributed by atoms with Crippen LogP contribution in [-0.4, -0.2) is 39.5 Å². The van der Waals surface area contributed by atoms with Crippen molar-refractivity contribution in [2.75, 3.05) is 33.8 Å². The number of methoxy groups -OCH3 is 4. The second-order valence-corrected chi connectivity index (χ2v) is 7.95. The molecular weight excluding hydrogens is 418 g/mol. The molecule has 1 aliphatic rings. The summed E-state index contributed by atoms with van der Waals surface area (Å²) in [6.45, 7) is 0. The van der Waals surface area contributed by atoms with Gasteiger partial charge in [0.25, 0.3) is 0 Å². The van der Waals surface area contributed by atoms with E-state index in [0.29, 0.717) is 23.0 Å². The fourth-order valence-electron chi connectivity index (χ4n) is 3.83. The lowest BCUT2D eigenvalue weighted by atomic mass is 9.88. The maximum atomic E-state index is 12.6. The van der Waals surface area contributed by atoms with Crippen LogP contribution in [0.4, 0.5) is 5.69 Å². The predicted molar refractivity (Wildman–Crippen MR) is 119 cm³/mol. The average molecular weight is 442 g/mol. The Bertz CT molecular complexity index is 1110. The molecule has 162 valence electrons. The predicted octanol–water partition coefficient (Wildman–Crippen LogP) is 4.63. The number of rotatable bonds is 6. The number of ether oxygens (including phenoxy) is 4. The molecule has 31 heavy (non-hydrogen) atoms. The number of hydrogen-bond acceptors (Lipinski definition) is 7. The fourth-order valence-corrected chi connectivity index (χ4v) is 4.99.